The largest absolute Gasteiger partial charge is 0.251 e. The third-order valence-corrected chi connectivity index (χ3v) is 6.77. The van der Waals surface area contributed by atoms with Gasteiger partial charge in [-0.15, -0.1) is 22.2 Å². The number of unbranched alkanes of at least 4 members (excludes halogenated alkanes) is 3. The van der Waals surface area contributed by atoms with Gasteiger partial charge in [0, 0.05) is 0 Å². The van der Waals surface area contributed by atoms with Crippen molar-refractivity contribution in [2.45, 2.75) is 51.6 Å². The molecule has 0 aromatic rings. The fourth-order valence-corrected chi connectivity index (χ4v) is 2.91. The van der Waals surface area contributed by atoms with E-state index in [1.165, 1.54) is 25.7 Å². The molecule has 0 N–H and O–H groups in total. The molecule has 0 aliphatic carbocycles. The third kappa shape index (κ3) is 7.17. The van der Waals surface area contributed by atoms with Crippen LogP contribution in [-0.4, -0.2) is 6.69 Å². The van der Waals surface area contributed by atoms with Gasteiger partial charge in [0.1, 0.15) is 0 Å². The summed E-state index contributed by atoms with van der Waals surface area (Å²) < 4.78 is 0. The maximum absolute atomic E-state index is 6.10. The molecule has 68 valence electrons. The van der Waals surface area contributed by atoms with Crippen LogP contribution in [0.25, 0.3) is 0 Å². The van der Waals surface area contributed by atoms with Gasteiger partial charge in [-0.3, -0.25) is 0 Å². The Morgan fingerprint density at radius 3 is 2.09 bits per heavy atom. The summed E-state index contributed by atoms with van der Waals surface area (Å²) >= 11 is 12.2. The first-order chi connectivity index (χ1) is 5.12. The van der Waals surface area contributed by atoms with Crippen LogP contribution in [0.1, 0.15) is 39.5 Å². The molecule has 0 saturated carbocycles. The van der Waals surface area contributed by atoms with Crippen molar-refractivity contribution in [1.29, 1.82) is 0 Å². The van der Waals surface area contributed by atoms with E-state index < -0.39 is 6.69 Å². The van der Waals surface area contributed by atoms with Crippen LogP contribution in [0.4, 0.5) is 0 Å². The van der Waals surface area contributed by atoms with Crippen LogP contribution in [0.5, 0.6) is 0 Å². The first kappa shape index (κ1) is 11.8. The highest BCUT2D eigenvalue weighted by Gasteiger charge is 2.24. The Kier molecular flexibility index (Phi) is 6.79. The molecule has 0 radical (unpaired) electrons. The topological polar surface area (TPSA) is 0 Å². The summed E-state index contributed by atoms with van der Waals surface area (Å²) in [4.78, 5) is 0. The predicted molar refractivity (Wildman–Crippen MR) is 56.9 cm³/mol. The van der Waals surface area contributed by atoms with Gasteiger partial charge in [0.05, 0.1) is 0 Å². The smallest absolute Gasteiger partial charge is 0.146 e. The molecule has 0 bridgehead atoms. The number of halogens is 2. The van der Waals surface area contributed by atoms with Crippen molar-refractivity contribution in [3.05, 3.63) is 0 Å². The van der Waals surface area contributed by atoms with Gasteiger partial charge in [0.25, 0.3) is 6.69 Å². The zero-order valence-electron chi connectivity index (χ0n) is 7.50. The van der Waals surface area contributed by atoms with Crippen LogP contribution in [0.15, 0.2) is 0 Å². The van der Waals surface area contributed by atoms with Gasteiger partial charge in [-0.25, -0.2) is 0 Å². The Bertz CT molecular complexity index is 94.1. The second-order valence-electron chi connectivity index (χ2n) is 3.02. The summed E-state index contributed by atoms with van der Waals surface area (Å²) in [6.07, 6.45) is 5.12. The molecule has 0 amide bonds. The second kappa shape index (κ2) is 6.33. The van der Waals surface area contributed by atoms with Crippen molar-refractivity contribution >= 4 is 28.9 Å². The average Bonchev–Trinajstić information content (AvgIpc) is 1.99. The van der Waals surface area contributed by atoms with E-state index in [4.69, 9.17) is 22.2 Å². The fraction of sp³-hybridized carbons (Fsp3) is 1.00. The molecule has 0 aromatic carbocycles. The molecule has 0 rings (SSSR count). The van der Waals surface area contributed by atoms with Crippen molar-refractivity contribution in [2.24, 2.45) is 0 Å². The number of rotatable bonds is 6. The SMILES string of the molecule is CCCCCC[Si](Cl)(Cl)CC. The maximum atomic E-state index is 6.10. The molecular formula is C8H18Cl2Si. The minimum Gasteiger partial charge on any atom is -0.146 e. The Hall–Kier alpha value is 0.797. The number of hydrogen-bond acceptors (Lipinski definition) is 0. The van der Waals surface area contributed by atoms with Crippen molar-refractivity contribution < 1.29 is 0 Å². The van der Waals surface area contributed by atoms with Gasteiger partial charge < -0.3 is 0 Å². The van der Waals surface area contributed by atoms with Gasteiger partial charge in [0.2, 0.25) is 0 Å². The third-order valence-electron chi connectivity index (χ3n) is 1.91. The lowest BCUT2D eigenvalue weighted by atomic mass is 10.2. The van der Waals surface area contributed by atoms with E-state index in [9.17, 15) is 0 Å². The van der Waals surface area contributed by atoms with E-state index in [2.05, 4.69) is 13.8 Å². The molecule has 0 atom stereocenters. The summed E-state index contributed by atoms with van der Waals surface area (Å²) in [7, 11) is 0. The molecule has 0 aliphatic rings. The lowest BCUT2D eigenvalue weighted by Crippen LogP contribution is -2.16. The average molecular weight is 213 g/mol. The van der Waals surface area contributed by atoms with E-state index in [1.807, 2.05) is 0 Å². The predicted octanol–water partition coefficient (Wildman–Crippen LogP) is 4.51. The molecular weight excluding hydrogens is 195 g/mol. The molecule has 0 unspecified atom stereocenters. The Labute approximate surface area is 80.7 Å². The van der Waals surface area contributed by atoms with E-state index >= 15 is 0 Å². The Morgan fingerprint density at radius 2 is 1.64 bits per heavy atom. The van der Waals surface area contributed by atoms with Gasteiger partial charge in [-0.05, 0) is 12.1 Å². The van der Waals surface area contributed by atoms with Gasteiger partial charge in [0.15, 0.2) is 0 Å². The van der Waals surface area contributed by atoms with Crippen LogP contribution in [-0.2, 0) is 0 Å². The first-order valence-corrected chi connectivity index (χ1v) is 8.94. The normalized spacial score (nSPS) is 12.0. The molecule has 0 aliphatic heterocycles. The lowest BCUT2D eigenvalue weighted by Gasteiger charge is -2.12. The van der Waals surface area contributed by atoms with Crippen molar-refractivity contribution in [3.8, 4) is 0 Å². The van der Waals surface area contributed by atoms with Crippen LogP contribution < -0.4 is 0 Å². The highest BCUT2D eigenvalue weighted by Crippen LogP contribution is 2.27. The maximum Gasteiger partial charge on any atom is 0.251 e. The fourth-order valence-electron chi connectivity index (χ4n) is 0.987. The molecule has 11 heavy (non-hydrogen) atoms. The van der Waals surface area contributed by atoms with Crippen molar-refractivity contribution in [3.63, 3.8) is 0 Å². The molecule has 0 aromatic heterocycles. The quantitative estimate of drug-likeness (QED) is 0.346. The molecule has 0 fully saturated rings. The van der Waals surface area contributed by atoms with Gasteiger partial charge in [-0.2, -0.15) is 0 Å². The summed E-state index contributed by atoms with van der Waals surface area (Å²) in [6, 6.07) is 2.06. The summed E-state index contributed by atoms with van der Waals surface area (Å²) in [5, 5.41) is 0. The van der Waals surface area contributed by atoms with Gasteiger partial charge >= 0.3 is 0 Å². The first-order valence-electron chi connectivity index (χ1n) is 4.50. The summed E-state index contributed by atoms with van der Waals surface area (Å²) in [5.74, 6) is 0. The van der Waals surface area contributed by atoms with Gasteiger partial charge in [-0.1, -0.05) is 39.5 Å². The zero-order valence-corrected chi connectivity index (χ0v) is 10.0. The number of hydrogen-bond donors (Lipinski definition) is 0. The van der Waals surface area contributed by atoms with Crippen molar-refractivity contribution in [1.82, 2.24) is 0 Å². The van der Waals surface area contributed by atoms with Crippen LogP contribution in [0.2, 0.25) is 12.1 Å². The van der Waals surface area contributed by atoms with E-state index in [0.717, 1.165) is 12.1 Å². The Balaban J connectivity index is 3.23. The van der Waals surface area contributed by atoms with E-state index in [-0.39, 0.29) is 0 Å². The second-order valence-corrected chi connectivity index (χ2v) is 10.9. The minimum absolute atomic E-state index is 0.988. The van der Waals surface area contributed by atoms with Crippen LogP contribution >= 0.6 is 22.2 Å². The monoisotopic (exact) mass is 212 g/mol. The summed E-state index contributed by atoms with van der Waals surface area (Å²) in [5.41, 5.74) is 0. The Morgan fingerprint density at radius 1 is 1.00 bits per heavy atom. The van der Waals surface area contributed by atoms with E-state index in [0.29, 0.717) is 0 Å². The highest BCUT2D eigenvalue weighted by atomic mass is 35.7. The molecule has 3 heteroatoms. The standard InChI is InChI=1S/C8H18Cl2Si/c1-3-5-6-7-8-11(9,10)4-2/h3-8H2,1-2H3. The van der Waals surface area contributed by atoms with E-state index in [1.54, 1.807) is 0 Å². The zero-order chi connectivity index (χ0) is 8.74. The molecule has 0 nitrogen and oxygen atoms in total. The van der Waals surface area contributed by atoms with Crippen molar-refractivity contribution in [2.75, 3.05) is 0 Å². The van der Waals surface area contributed by atoms with Crippen LogP contribution in [0.3, 0.4) is 0 Å². The van der Waals surface area contributed by atoms with Crippen LogP contribution in [0, 0.1) is 0 Å². The molecule has 0 spiro atoms. The minimum atomic E-state index is -1.78. The molecule has 0 saturated heterocycles. The summed E-state index contributed by atoms with van der Waals surface area (Å²) in [6.45, 7) is 2.52. The lowest BCUT2D eigenvalue weighted by molar-refractivity contribution is 0.698. The highest BCUT2D eigenvalue weighted by molar-refractivity contribution is 7.45. The molecule has 0 heterocycles.